The molecule has 1 aromatic heterocycles. The first-order valence-corrected chi connectivity index (χ1v) is 5.41. The highest BCUT2D eigenvalue weighted by Crippen LogP contribution is 2.13. The minimum absolute atomic E-state index is 0.970. The van der Waals surface area contributed by atoms with Gasteiger partial charge < -0.3 is 0 Å². The minimum atomic E-state index is 0.970. The molecule has 0 N–H and O–H groups in total. The molecular weight excluding hydrogens is 194 g/mol. The van der Waals surface area contributed by atoms with Crippen LogP contribution in [0.25, 0.3) is 5.57 Å². The van der Waals surface area contributed by atoms with Gasteiger partial charge in [-0.2, -0.15) is 0 Å². The Bertz CT molecular complexity index is 441. The van der Waals surface area contributed by atoms with E-state index in [0.717, 1.165) is 11.3 Å². The Morgan fingerprint density at radius 2 is 2.12 bits per heavy atom. The van der Waals surface area contributed by atoms with E-state index in [0.29, 0.717) is 0 Å². The Hall–Kier alpha value is -1.85. The molecule has 16 heavy (non-hydrogen) atoms. The van der Waals surface area contributed by atoms with Crippen LogP contribution in [0.2, 0.25) is 0 Å². The summed E-state index contributed by atoms with van der Waals surface area (Å²) < 4.78 is 0. The van der Waals surface area contributed by atoms with Gasteiger partial charge in [-0.05, 0) is 44.6 Å². The molecule has 0 saturated carbocycles. The van der Waals surface area contributed by atoms with Crippen molar-refractivity contribution in [3.63, 3.8) is 0 Å². The van der Waals surface area contributed by atoms with E-state index in [2.05, 4.69) is 16.8 Å². The molecule has 1 heteroatoms. The lowest BCUT2D eigenvalue weighted by Crippen LogP contribution is -1.86. The summed E-state index contributed by atoms with van der Waals surface area (Å²) in [5, 5.41) is 0. The Morgan fingerprint density at radius 3 is 2.69 bits per heavy atom. The van der Waals surface area contributed by atoms with Crippen molar-refractivity contribution in [2.75, 3.05) is 0 Å². The SMILES string of the molecule is CC=C=C/C(=C\C=C/C)c1ccc(C)cn1. The lowest BCUT2D eigenvalue weighted by atomic mass is 10.1. The molecule has 0 fully saturated rings. The molecule has 0 unspecified atom stereocenters. The number of allylic oxidation sites excluding steroid dienone is 5. The van der Waals surface area contributed by atoms with Gasteiger partial charge in [0.2, 0.25) is 0 Å². The second kappa shape index (κ2) is 6.60. The maximum Gasteiger partial charge on any atom is 0.0708 e. The molecule has 1 aromatic rings. The van der Waals surface area contributed by atoms with Crippen LogP contribution in [-0.2, 0) is 0 Å². The van der Waals surface area contributed by atoms with E-state index in [4.69, 9.17) is 0 Å². The van der Waals surface area contributed by atoms with Crippen LogP contribution in [0.5, 0.6) is 0 Å². The largest absolute Gasteiger partial charge is 0.256 e. The van der Waals surface area contributed by atoms with E-state index in [-0.39, 0.29) is 0 Å². The van der Waals surface area contributed by atoms with Crippen LogP contribution in [0, 0.1) is 6.92 Å². The summed E-state index contributed by atoms with van der Waals surface area (Å²) in [6.45, 7) is 5.98. The standard InChI is InChI=1S/C15H17N/c1-4-6-8-14(9-7-5-2)15-11-10-13(3)12-16-15/h4-6,8-12H,1-3H3/b6-4-,14-8+. The zero-order chi connectivity index (χ0) is 11.8. The number of nitrogens with zero attached hydrogens (tertiary/aromatic N) is 1. The Morgan fingerprint density at radius 1 is 1.31 bits per heavy atom. The lowest BCUT2D eigenvalue weighted by Gasteiger charge is -2.00. The molecule has 82 valence electrons. The van der Waals surface area contributed by atoms with E-state index in [1.807, 2.05) is 63.4 Å². The third kappa shape index (κ3) is 3.72. The van der Waals surface area contributed by atoms with Crippen LogP contribution in [0.3, 0.4) is 0 Å². The molecule has 1 heterocycles. The van der Waals surface area contributed by atoms with Gasteiger partial charge in [-0.25, -0.2) is 0 Å². The number of hydrogen-bond acceptors (Lipinski definition) is 1. The highest BCUT2D eigenvalue weighted by atomic mass is 14.7. The molecule has 1 rings (SSSR count). The van der Waals surface area contributed by atoms with Crippen LogP contribution >= 0.6 is 0 Å². The first-order valence-electron chi connectivity index (χ1n) is 5.41. The normalized spacial score (nSPS) is 11.3. The number of aromatic nitrogens is 1. The number of pyridine rings is 1. The van der Waals surface area contributed by atoms with Gasteiger partial charge in [0, 0.05) is 11.8 Å². The first-order chi connectivity index (χ1) is 7.77. The fourth-order valence-corrected chi connectivity index (χ4v) is 1.22. The predicted molar refractivity (Wildman–Crippen MR) is 70.1 cm³/mol. The molecule has 0 spiro atoms. The van der Waals surface area contributed by atoms with Crippen LogP contribution in [-0.4, -0.2) is 4.98 Å². The quantitative estimate of drug-likeness (QED) is 0.542. The van der Waals surface area contributed by atoms with Crippen molar-refractivity contribution >= 4 is 5.57 Å². The molecule has 0 aliphatic heterocycles. The topological polar surface area (TPSA) is 12.9 Å². The van der Waals surface area contributed by atoms with E-state index in [9.17, 15) is 0 Å². The Balaban J connectivity index is 3.11. The van der Waals surface area contributed by atoms with Crippen molar-refractivity contribution in [1.29, 1.82) is 0 Å². The van der Waals surface area contributed by atoms with E-state index in [1.165, 1.54) is 5.56 Å². The second-order valence-corrected chi connectivity index (χ2v) is 3.47. The Kier molecular flexibility index (Phi) is 5.04. The van der Waals surface area contributed by atoms with Crippen molar-refractivity contribution in [3.05, 3.63) is 65.7 Å². The fraction of sp³-hybridized carbons (Fsp3) is 0.200. The zero-order valence-corrected chi connectivity index (χ0v) is 10.1. The minimum Gasteiger partial charge on any atom is -0.256 e. The molecule has 0 aliphatic rings. The number of rotatable bonds is 3. The smallest absolute Gasteiger partial charge is 0.0708 e. The van der Waals surface area contributed by atoms with E-state index >= 15 is 0 Å². The maximum absolute atomic E-state index is 4.40. The summed E-state index contributed by atoms with van der Waals surface area (Å²) >= 11 is 0. The van der Waals surface area contributed by atoms with Crippen LogP contribution in [0.15, 0.2) is 54.4 Å². The van der Waals surface area contributed by atoms with Crippen LogP contribution in [0.4, 0.5) is 0 Å². The van der Waals surface area contributed by atoms with Gasteiger partial charge in [-0.15, -0.1) is 5.73 Å². The average Bonchev–Trinajstić information content (AvgIpc) is 2.31. The molecular formula is C15H17N. The van der Waals surface area contributed by atoms with E-state index < -0.39 is 0 Å². The highest BCUT2D eigenvalue weighted by molar-refractivity contribution is 5.72. The molecule has 0 amide bonds. The van der Waals surface area contributed by atoms with Gasteiger partial charge in [0.05, 0.1) is 5.69 Å². The van der Waals surface area contributed by atoms with Crippen LogP contribution in [0.1, 0.15) is 25.1 Å². The maximum atomic E-state index is 4.40. The third-order valence-corrected chi connectivity index (χ3v) is 2.08. The molecule has 0 aliphatic carbocycles. The molecule has 0 radical (unpaired) electrons. The van der Waals surface area contributed by atoms with Crippen molar-refractivity contribution in [3.8, 4) is 0 Å². The molecule has 0 aromatic carbocycles. The number of hydrogen-bond donors (Lipinski definition) is 0. The summed E-state index contributed by atoms with van der Waals surface area (Å²) in [5.41, 5.74) is 6.29. The summed E-state index contributed by atoms with van der Waals surface area (Å²) in [5.74, 6) is 0. The van der Waals surface area contributed by atoms with Crippen molar-refractivity contribution in [1.82, 2.24) is 4.98 Å². The highest BCUT2D eigenvalue weighted by Gasteiger charge is 1.97. The van der Waals surface area contributed by atoms with Crippen molar-refractivity contribution in [2.24, 2.45) is 0 Å². The molecule has 0 bridgehead atoms. The first kappa shape index (κ1) is 12.2. The number of aryl methyl sites for hydroxylation is 1. The van der Waals surface area contributed by atoms with Crippen molar-refractivity contribution < 1.29 is 0 Å². The average molecular weight is 211 g/mol. The van der Waals surface area contributed by atoms with Gasteiger partial charge in [0.25, 0.3) is 0 Å². The van der Waals surface area contributed by atoms with Gasteiger partial charge in [-0.1, -0.05) is 24.3 Å². The van der Waals surface area contributed by atoms with Crippen molar-refractivity contribution in [2.45, 2.75) is 20.8 Å². The van der Waals surface area contributed by atoms with E-state index in [1.54, 1.807) is 0 Å². The monoisotopic (exact) mass is 211 g/mol. The fourth-order valence-electron chi connectivity index (χ4n) is 1.22. The van der Waals surface area contributed by atoms with Gasteiger partial charge in [-0.3, -0.25) is 4.98 Å². The summed E-state index contributed by atoms with van der Waals surface area (Å²) in [7, 11) is 0. The lowest BCUT2D eigenvalue weighted by molar-refractivity contribution is 1.23. The summed E-state index contributed by atoms with van der Waals surface area (Å²) in [4.78, 5) is 4.40. The van der Waals surface area contributed by atoms with Gasteiger partial charge in [0.15, 0.2) is 0 Å². The zero-order valence-electron chi connectivity index (χ0n) is 10.1. The Labute approximate surface area is 97.5 Å². The molecule has 0 atom stereocenters. The third-order valence-electron chi connectivity index (χ3n) is 2.08. The molecule has 0 saturated heterocycles. The second-order valence-electron chi connectivity index (χ2n) is 3.47. The summed E-state index contributed by atoms with van der Waals surface area (Å²) in [6.07, 6.45) is 11.7. The van der Waals surface area contributed by atoms with Gasteiger partial charge in [0.1, 0.15) is 0 Å². The molecule has 1 nitrogen and oxygen atoms in total. The predicted octanol–water partition coefficient (Wildman–Crippen LogP) is 4.08. The van der Waals surface area contributed by atoms with Crippen LogP contribution < -0.4 is 0 Å². The van der Waals surface area contributed by atoms with Gasteiger partial charge >= 0.3 is 0 Å². The summed E-state index contributed by atoms with van der Waals surface area (Å²) in [6, 6.07) is 4.09.